The van der Waals surface area contributed by atoms with Gasteiger partial charge in [0, 0.05) is 19.2 Å². The number of benzene rings is 1. The minimum Gasteiger partial charge on any atom is -0.313 e. The van der Waals surface area contributed by atoms with Gasteiger partial charge in [-0.15, -0.1) is 12.4 Å². The lowest BCUT2D eigenvalue weighted by molar-refractivity contribution is -0.388. The summed E-state index contributed by atoms with van der Waals surface area (Å²) >= 11 is 0. The first-order valence-corrected chi connectivity index (χ1v) is 7.71. The van der Waals surface area contributed by atoms with Crippen LogP contribution in [0.15, 0.2) is 34.7 Å². The van der Waals surface area contributed by atoms with Crippen LogP contribution in [0.4, 0.5) is 10.1 Å². The number of nitrogens with one attached hydrogen (secondary N) is 2. The van der Waals surface area contributed by atoms with Gasteiger partial charge in [0.1, 0.15) is 5.82 Å². The molecule has 0 spiro atoms. The maximum atomic E-state index is 13.7. The Morgan fingerprint density at radius 3 is 2.73 bits per heavy atom. The molecule has 0 radical (unpaired) electrons. The molecule has 7 nitrogen and oxygen atoms in total. The van der Waals surface area contributed by atoms with E-state index in [9.17, 15) is 22.9 Å². The van der Waals surface area contributed by atoms with Crippen LogP contribution < -0.4 is 10.0 Å². The van der Waals surface area contributed by atoms with Gasteiger partial charge in [-0.3, -0.25) is 10.1 Å². The zero-order valence-corrected chi connectivity index (χ0v) is 13.0. The van der Waals surface area contributed by atoms with E-state index in [2.05, 4.69) is 10.0 Å². The fourth-order valence-electron chi connectivity index (χ4n) is 2.00. The predicted octanol–water partition coefficient (Wildman–Crippen LogP) is 1.35. The topological polar surface area (TPSA) is 101 Å². The Balaban J connectivity index is 0.00000242. The van der Waals surface area contributed by atoms with Crippen LogP contribution in [0, 0.1) is 15.9 Å². The van der Waals surface area contributed by atoms with Crippen molar-refractivity contribution in [1.29, 1.82) is 0 Å². The number of sulfonamides is 1. The van der Waals surface area contributed by atoms with Crippen molar-refractivity contribution in [2.45, 2.75) is 11.3 Å². The molecule has 0 atom stereocenters. The monoisotopic (exact) mass is 351 g/mol. The highest BCUT2D eigenvalue weighted by atomic mass is 35.5. The minimum absolute atomic E-state index is 0. The Morgan fingerprint density at radius 2 is 2.14 bits per heavy atom. The molecule has 0 aliphatic carbocycles. The lowest BCUT2D eigenvalue weighted by atomic mass is 10.1. The van der Waals surface area contributed by atoms with Gasteiger partial charge in [-0.2, -0.15) is 0 Å². The van der Waals surface area contributed by atoms with Crippen LogP contribution in [0.2, 0.25) is 0 Å². The van der Waals surface area contributed by atoms with Crippen molar-refractivity contribution in [2.75, 3.05) is 19.6 Å². The summed E-state index contributed by atoms with van der Waals surface area (Å²) in [5.74, 6) is -1.14. The first kappa shape index (κ1) is 18.5. The molecule has 10 heteroatoms. The molecular formula is C12H15ClFN3O4S. The Morgan fingerprint density at radius 1 is 1.41 bits per heavy atom. The van der Waals surface area contributed by atoms with Gasteiger partial charge in [0.05, 0.1) is 4.92 Å². The summed E-state index contributed by atoms with van der Waals surface area (Å²) in [6.45, 7) is 1.37. The second-order valence-corrected chi connectivity index (χ2v) is 6.19. The lowest BCUT2D eigenvalue weighted by Gasteiger charge is -2.15. The van der Waals surface area contributed by atoms with Crippen molar-refractivity contribution < 1.29 is 17.7 Å². The summed E-state index contributed by atoms with van der Waals surface area (Å²) < 4.78 is 40.2. The molecule has 1 aliphatic heterocycles. The molecule has 0 fully saturated rings. The highest BCUT2D eigenvalue weighted by Gasteiger charge is 2.29. The van der Waals surface area contributed by atoms with Gasteiger partial charge in [0.2, 0.25) is 0 Å². The molecule has 1 aliphatic rings. The summed E-state index contributed by atoms with van der Waals surface area (Å²) in [4.78, 5) is 9.01. The number of hydrogen-bond donors (Lipinski definition) is 2. The fourth-order valence-corrected chi connectivity index (χ4v) is 3.26. The first-order chi connectivity index (χ1) is 9.92. The van der Waals surface area contributed by atoms with E-state index in [0.717, 1.165) is 30.3 Å². The van der Waals surface area contributed by atoms with E-state index < -0.39 is 31.3 Å². The average molecular weight is 352 g/mol. The Hall–Kier alpha value is -1.55. The summed E-state index contributed by atoms with van der Waals surface area (Å²) in [7, 11) is -4.29. The molecule has 0 unspecified atom stereocenters. The molecule has 1 heterocycles. The van der Waals surface area contributed by atoms with Gasteiger partial charge < -0.3 is 5.32 Å². The molecule has 1 aromatic rings. The summed E-state index contributed by atoms with van der Waals surface area (Å²) in [5, 5.41) is 13.9. The third-order valence-corrected chi connectivity index (χ3v) is 4.52. The molecule has 0 bridgehead atoms. The van der Waals surface area contributed by atoms with Crippen LogP contribution >= 0.6 is 12.4 Å². The highest BCUT2D eigenvalue weighted by molar-refractivity contribution is 7.89. The molecule has 0 saturated carbocycles. The van der Waals surface area contributed by atoms with Crippen molar-refractivity contribution in [3.8, 4) is 0 Å². The van der Waals surface area contributed by atoms with Crippen molar-refractivity contribution in [2.24, 2.45) is 0 Å². The van der Waals surface area contributed by atoms with E-state index >= 15 is 0 Å². The van der Waals surface area contributed by atoms with Crippen LogP contribution in [0.1, 0.15) is 6.42 Å². The summed E-state index contributed by atoms with van der Waals surface area (Å²) in [6.07, 6.45) is 2.50. The van der Waals surface area contributed by atoms with Gasteiger partial charge in [-0.05, 0) is 19.0 Å². The van der Waals surface area contributed by atoms with E-state index in [1.807, 2.05) is 6.08 Å². The van der Waals surface area contributed by atoms with E-state index in [0.29, 0.717) is 13.0 Å². The van der Waals surface area contributed by atoms with Crippen LogP contribution in [-0.2, 0) is 10.0 Å². The van der Waals surface area contributed by atoms with Gasteiger partial charge in [0.15, 0.2) is 4.90 Å². The second kappa shape index (κ2) is 7.63. The van der Waals surface area contributed by atoms with Crippen molar-refractivity contribution in [3.63, 3.8) is 0 Å². The Labute approximate surface area is 133 Å². The second-order valence-electron chi connectivity index (χ2n) is 4.49. The van der Waals surface area contributed by atoms with E-state index in [-0.39, 0.29) is 19.0 Å². The van der Waals surface area contributed by atoms with E-state index in [1.54, 1.807) is 0 Å². The standard InChI is InChI=1S/C12H14FN3O4S.ClH/c13-10-2-1-3-11(16(17)18)12(10)21(19,20)15-8-9-4-6-14-7-5-9;/h1-4,14-15H,5-8H2;1H. The molecule has 1 aromatic carbocycles. The fraction of sp³-hybridized carbons (Fsp3) is 0.333. The van der Waals surface area contributed by atoms with E-state index in [4.69, 9.17) is 0 Å². The zero-order chi connectivity index (χ0) is 15.5. The van der Waals surface area contributed by atoms with Gasteiger partial charge in [0.25, 0.3) is 15.7 Å². The molecule has 0 aromatic heterocycles. The third-order valence-electron chi connectivity index (χ3n) is 3.06. The summed E-state index contributed by atoms with van der Waals surface area (Å²) in [5.41, 5.74) is 0.0816. The van der Waals surface area contributed by atoms with Crippen LogP contribution in [-0.4, -0.2) is 33.0 Å². The summed E-state index contributed by atoms with van der Waals surface area (Å²) in [6, 6.07) is 2.94. The molecule has 0 saturated heterocycles. The molecule has 2 N–H and O–H groups in total. The third kappa shape index (κ3) is 4.23. The molecule has 22 heavy (non-hydrogen) atoms. The number of nitrogens with zero attached hydrogens (tertiary/aromatic N) is 1. The predicted molar refractivity (Wildman–Crippen MR) is 81.1 cm³/mol. The van der Waals surface area contributed by atoms with Crippen molar-refractivity contribution in [3.05, 3.63) is 45.8 Å². The normalized spacial score (nSPS) is 14.9. The zero-order valence-electron chi connectivity index (χ0n) is 11.4. The number of nitro groups is 1. The van der Waals surface area contributed by atoms with Crippen molar-refractivity contribution >= 4 is 28.1 Å². The van der Waals surface area contributed by atoms with Crippen LogP contribution in [0.25, 0.3) is 0 Å². The SMILES string of the molecule is Cl.O=[N+]([O-])c1cccc(F)c1S(=O)(=O)NCC1=CCNCC1. The van der Waals surface area contributed by atoms with Gasteiger partial charge in [-0.25, -0.2) is 17.5 Å². The minimum atomic E-state index is -4.29. The number of halogens is 2. The molecule has 0 amide bonds. The van der Waals surface area contributed by atoms with E-state index in [1.165, 1.54) is 0 Å². The lowest BCUT2D eigenvalue weighted by Crippen LogP contribution is -2.30. The molecule has 122 valence electrons. The number of nitro benzene ring substituents is 1. The number of hydrogen-bond acceptors (Lipinski definition) is 5. The largest absolute Gasteiger partial charge is 0.313 e. The maximum absolute atomic E-state index is 13.7. The van der Waals surface area contributed by atoms with Crippen LogP contribution in [0.3, 0.4) is 0 Å². The molecular weight excluding hydrogens is 337 g/mol. The van der Waals surface area contributed by atoms with Gasteiger partial charge >= 0.3 is 0 Å². The number of rotatable bonds is 5. The van der Waals surface area contributed by atoms with Crippen molar-refractivity contribution in [1.82, 2.24) is 10.0 Å². The molecule has 2 rings (SSSR count). The highest BCUT2D eigenvalue weighted by Crippen LogP contribution is 2.26. The average Bonchev–Trinajstić information content (AvgIpc) is 2.46. The van der Waals surface area contributed by atoms with Gasteiger partial charge in [-0.1, -0.05) is 17.7 Å². The Kier molecular flexibility index (Phi) is 6.42. The quantitative estimate of drug-likeness (QED) is 0.474. The van der Waals surface area contributed by atoms with Crippen LogP contribution in [0.5, 0.6) is 0 Å². The smallest absolute Gasteiger partial charge is 0.292 e. The Bertz CT molecular complexity index is 694. The maximum Gasteiger partial charge on any atom is 0.292 e. The first-order valence-electron chi connectivity index (χ1n) is 6.23.